The lowest BCUT2D eigenvalue weighted by molar-refractivity contribution is 0.148. The van der Waals surface area contributed by atoms with E-state index in [2.05, 4.69) is 4.72 Å². The summed E-state index contributed by atoms with van der Waals surface area (Å²) in [5.41, 5.74) is 0.849. The molecule has 2 N–H and O–H groups in total. The van der Waals surface area contributed by atoms with E-state index in [4.69, 9.17) is 5.11 Å². The number of sulfonamides is 1. The molecule has 1 aromatic rings. The van der Waals surface area contributed by atoms with Gasteiger partial charge in [0.25, 0.3) is 0 Å². The first kappa shape index (κ1) is 17.1. The van der Waals surface area contributed by atoms with Gasteiger partial charge in [-0.25, -0.2) is 13.1 Å². The minimum absolute atomic E-state index is 0.109. The Hall–Kier alpha value is -0.910. The Bertz CT molecular complexity index is 524. The summed E-state index contributed by atoms with van der Waals surface area (Å²) in [4.78, 5) is 0.318. The van der Waals surface area contributed by atoms with Crippen molar-refractivity contribution < 1.29 is 13.5 Å². The number of hydrogen-bond donors (Lipinski definition) is 2. The van der Waals surface area contributed by atoms with E-state index in [1.807, 2.05) is 26.8 Å². The van der Waals surface area contributed by atoms with Crippen molar-refractivity contribution in [3.8, 4) is 0 Å². The largest absolute Gasteiger partial charge is 0.396 e. The molecule has 0 aliphatic carbocycles. The second-order valence-corrected chi connectivity index (χ2v) is 7.59. The van der Waals surface area contributed by atoms with Gasteiger partial charge in [-0.05, 0) is 42.4 Å². The van der Waals surface area contributed by atoms with Crippen LogP contribution in [0, 0.1) is 5.41 Å². The van der Waals surface area contributed by atoms with Crippen LogP contribution in [0.2, 0.25) is 0 Å². The van der Waals surface area contributed by atoms with Crippen LogP contribution < -0.4 is 4.72 Å². The third kappa shape index (κ3) is 5.23. The molecule has 0 fully saturated rings. The highest BCUT2D eigenvalue weighted by Crippen LogP contribution is 2.20. The Kier molecular flexibility index (Phi) is 6.17. The Balaban J connectivity index is 2.58. The summed E-state index contributed by atoms with van der Waals surface area (Å²) >= 11 is 0. The molecule has 0 spiro atoms. The molecular formula is C15H25NO3S. The predicted molar refractivity (Wildman–Crippen MR) is 81.1 cm³/mol. The van der Waals surface area contributed by atoms with Gasteiger partial charge in [-0.15, -0.1) is 0 Å². The molecular weight excluding hydrogens is 274 g/mol. The molecule has 0 aliphatic heterocycles. The van der Waals surface area contributed by atoms with Crippen LogP contribution in [0.4, 0.5) is 0 Å². The van der Waals surface area contributed by atoms with Crippen molar-refractivity contribution in [2.75, 3.05) is 13.2 Å². The molecule has 4 nitrogen and oxygen atoms in total. The average molecular weight is 299 g/mol. The van der Waals surface area contributed by atoms with Crippen molar-refractivity contribution in [3.63, 3.8) is 0 Å². The zero-order chi connectivity index (χ0) is 15.2. The molecule has 20 heavy (non-hydrogen) atoms. The monoisotopic (exact) mass is 299 g/mol. The highest BCUT2D eigenvalue weighted by atomic mass is 32.2. The van der Waals surface area contributed by atoms with E-state index in [0.717, 1.165) is 18.4 Å². The van der Waals surface area contributed by atoms with Crippen molar-refractivity contribution in [1.29, 1.82) is 0 Å². The van der Waals surface area contributed by atoms with Crippen LogP contribution in [0.1, 0.15) is 39.2 Å². The van der Waals surface area contributed by atoms with Gasteiger partial charge >= 0.3 is 0 Å². The number of aryl methyl sites for hydroxylation is 1. The summed E-state index contributed by atoms with van der Waals surface area (Å²) in [7, 11) is -3.43. The molecule has 0 radical (unpaired) electrons. The lowest BCUT2D eigenvalue weighted by Crippen LogP contribution is -2.26. The zero-order valence-corrected chi connectivity index (χ0v) is 13.3. The molecule has 0 heterocycles. The highest BCUT2D eigenvalue weighted by molar-refractivity contribution is 7.89. The van der Waals surface area contributed by atoms with Gasteiger partial charge in [0.15, 0.2) is 0 Å². The zero-order valence-electron chi connectivity index (χ0n) is 12.5. The minimum Gasteiger partial charge on any atom is -0.396 e. The molecule has 0 amide bonds. The molecule has 114 valence electrons. The van der Waals surface area contributed by atoms with Gasteiger partial charge in [-0.3, -0.25) is 0 Å². The number of aliphatic hydroxyl groups is 1. The molecule has 0 unspecified atom stereocenters. The van der Waals surface area contributed by atoms with Crippen LogP contribution in [0.5, 0.6) is 0 Å². The van der Waals surface area contributed by atoms with E-state index < -0.39 is 10.0 Å². The van der Waals surface area contributed by atoms with E-state index in [0.29, 0.717) is 17.9 Å². The SMILES string of the molecule is CCc1cccc(S(=O)(=O)NCCCC(C)(C)CO)c1. The van der Waals surface area contributed by atoms with Crippen molar-refractivity contribution in [3.05, 3.63) is 29.8 Å². The standard InChI is InChI=1S/C15H25NO3S/c1-4-13-7-5-8-14(11-13)20(18,19)16-10-6-9-15(2,3)12-17/h5,7-8,11,16-17H,4,6,9-10,12H2,1-3H3. The molecule has 0 saturated carbocycles. The third-order valence-corrected chi connectivity index (χ3v) is 4.83. The minimum atomic E-state index is -3.43. The van der Waals surface area contributed by atoms with Crippen LogP contribution >= 0.6 is 0 Å². The fourth-order valence-corrected chi connectivity index (χ4v) is 3.01. The van der Waals surface area contributed by atoms with Crippen LogP contribution in [0.3, 0.4) is 0 Å². The predicted octanol–water partition coefficient (Wildman–Crippen LogP) is 2.33. The molecule has 1 rings (SSSR count). The van der Waals surface area contributed by atoms with E-state index in [1.54, 1.807) is 18.2 Å². The van der Waals surface area contributed by atoms with Crippen LogP contribution in [-0.4, -0.2) is 26.7 Å². The quantitative estimate of drug-likeness (QED) is 0.724. The van der Waals surface area contributed by atoms with Gasteiger partial charge in [0.1, 0.15) is 0 Å². The second kappa shape index (κ2) is 7.20. The first-order valence-electron chi connectivity index (χ1n) is 7.00. The summed E-state index contributed by atoms with van der Waals surface area (Å²) < 4.78 is 26.9. The van der Waals surface area contributed by atoms with Gasteiger partial charge in [0, 0.05) is 13.2 Å². The number of hydrogen-bond acceptors (Lipinski definition) is 3. The maximum atomic E-state index is 12.1. The molecule has 5 heteroatoms. The Morgan fingerprint density at radius 3 is 2.60 bits per heavy atom. The van der Waals surface area contributed by atoms with E-state index in [-0.39, 0.29) is 12.0 Å². The average Bonchev–Trinajstić information content (AvgIpc) is 2.44. The number of rotatable bonds is 8. The van der Waals surface area contributed by atoms with E-state index in [1.165, 1.54) is 0 Å². The molecule has 0 atom stereocenters. The van der Waals surface area contributed by atoms with Crippen LogP contribution in [0.25, 0.3) is 0 Å². The Morgan fingerprint density at radius 1 is 1.30 bits per heavy atom. The third-order valence-electron chi connectivity index (χ3n) is 3.37. The second-order valence-electron chi connectivity index (χ2n) is 5.82. The maximum absolute atomic E-state index is 12.1. The number of aliphatic hydroxyl groups excluding tert-OH is 1. The summed E-state index contributed by atoms with van der Waals surface area (Å²) in [6, 6.07) is 7.00. The molecule has 0 saturated heterocycles. The van der Waals surface area contributed by atoms with E-state index >= 15 is 0 Å². The van der Waals surface area contributed by atoms with E-state index in [9.17, 15) is 8.42 Å². The Morgan fingerprint density at radius 2 is 2.00 bits per heavy atom. The first-order chi connectivity index (χ1) is 9.30. The van der Waals surface area contributed by atoms with Gasteiger partial charge in [0.2, 0.25) is 10.0 Å². The van der Waals surface area contributed by atoms with Gasteiger partial charge < -0.3 is 5.11 Å². The lowest BCUT2D eigenvalue weighted by atomic mass is 9.89. The normalized spacial score (nSPS) is 12.6. The number of benzene rings is 1. The van der Waals surface area contributed by atoms with Crippen molar-refractivity contribution >= 4 is 10.0 Å². The van der Waals surface area contributed by atoms with Gasteiger partial charge in [-0.1, -0.05) is 32.9 Å². The fourth-order valence-electron chi connectivity index (χ4n) is 1.87. The van der Waals surface area contributed by atoms with Crippen LogP contribution in [-0.2, 0) is 16.4 Å². The Labute approximate surface area is 122 Å². The van der Waals surface area contributed by atoms with Crippen molar-refractivity contribution in [2.45, 2.75) is 44.9 Å². The topological polar surface area (TPSA) is 66.4 Å². The maximum Gasteiger partial charge on any atom is 0.240 e. The highest BCUT2D eigenvalue weighted by Gasteiger charge is 2.17. The molecule has 0 aromatic heterocycles. The summed E-state index contributed by atoms with van der Waals surface area (Å²) in [6.07, 6.45) is 2.30. The van der Waals surface area contributed by atoms with Gasteiger partial charge in [-0.2, -0.15) is 0 Å². The molecule has 0 aliphatic rings. The number of nitrogens with one attached hydrogen (secondary N) is 1. The molecule has 0 bridgehead atoms. The molecule has 1 aromatic carbocycles. The van der Waals surface area contributed by atoms with Gasteiger partial charge in [0.05, 0.1) is 4.90 Å². The fraction of sp³-hybridized carbons (Fsp3) is 0.600. The lowest BCUT2D eigenvalue weighted by Gasteiger charge is -2.21. The van der Waals surface area contributed by atoms with Crippen molar-refractivity contribution in [1.82, 2.24) is 4.72 Å². The summed E-state index contributed by atoms with van der Waals surface area (Å²) in [6.45, 7) is 6.43. The summed E-state index contributed by atoms with van der Waals surface area (Å²) in [5.74, 6) is 0. The smallest absolute Gasteiger partial charge is 0.240 e. The van der Waals surface area contributed by atoms with Crippen LogP contribution in [0.15, 0.2) is 29.2 Å². The first-order valence-corrected chi connectivity index (χ1v) is 8.48. The summed E-state index contributed by atoms with van der Waals surface area (Å²) in [5, 5.41) is 9.15. The van der Waals surface area contributed by atoms with Crippen molar-refractivity contribution in [2.24, 2.45) is 5.41 Å².